The Morgan fingerprint density at radius 2 is 1.88 bits per heavy atom. The van der Waals surface area contributed by atoms with E-state index in [0.717, 1.165) is 11.1 Å². The zero-order valence-electron chi connectivity index (χ0n) is 18.2. The molecule has 0 bridgehead atoms. The molecule has 0 radical (unpaired) electrons. The van der Waals surface area contributed by atoms with Gasteiger partial charge in [-0.05, 0) is 67.6 Å². The van der Waals surface area contributed by atoms with Crippen molar-refractivity contribution >= 4 is 33.2 Å². The summed E-state index contributed by atoms with van der Waals surface area (Å²) in [5.41, 5.74) is 3.12. The maximum Gasteiger partial charge on any atom is 0.243 e. The minimum absolute atomic E-state index is 0.0586. The molecular weight excluding hydrogens is 430 g/mol. The summed E-state index contributed by atoms with van der Waals surface area (Å²) in [6, 6.07) is 10.4. The molecule has 8 nitrogen and oxygen atoms in total. The van der Waals surface area contributed by atoms with Crippen molar-refractivity contribution in [3.05, 3.63) is 47.5 Å². The number of rotatable bonds is 5. The maximum atomic E-state index is 13.1. The topological polar surface area (TPSA) is 105 Å². The number of amides is 2. The lowest BCUT2D eigenvalue weighted by Gasteiger charge is -2.31. The largest absolute Gasteiger partial charge is 0.495 e. The zero-order valence-corrected chi connectivity index (χ0v) is 19.0. The fourth-order valence-electron chi connectivity index (χ4n) is 4.18. The number of methoxy groups -OCH3 is 1. The van der Waals surface area contributed by atoms with E-state index >= 15 is 0 Å². The third-order valence-electron chi connectivity index (χ3n) is 6.05. The van der Waals surface area contributed by atoms with Crippen molar-refractivity contribution in [3.8, 4) is 5.75 Å². The van der Waals surface area contributed by atoms with Crippen LogP contribution in [0.15, 0.2) is 41.3 Å². The Morgan fingerprint density at radius 3 is 2.59 bits per heavy atom. The molecule has 2 aliphatic heterocycles. The molecule has 0 unspecified atom stereocenters. The summed E-state index contributed by atoms with van der Waals surface area (Å²) in [6.07, 6.45) is 1.76. The SMILES string of the molecule is COc1ccc(C)cc1NC(=O)C1CCN(S(=O)(=O)c2ccc3c(c2)CCC(=O)N3)CC1. The van der Waals surface area contributed by atoms with Gasteiger partial charge in [0.1, 0.15) is 5.75 Å². The van der Waals surface area contributed by atoms with E-state index in [2.05, 4.69) is 10.6 Å². The van der Waals surface area contributed by atoms with Crippen LogP contribution in [0.2, 0.25) is 0 Å². The van der Waals surface area contributed by atoms with Crippen molar-refractivity contribution in [3.63, 3.8) is 0 Å². The number of nitrogens with one attached hydrogen (secondary N) is 2. The van der Waals surface area contributed by atoms with Gasteiger partial charge in [0.25, 0.3) is 0 Å². The van der Waals surface area contributed by atoms with Gasteiger partial charge in [-0.25, -0.2) is 8.42 Å². The van der Waals surface area contributed by atoms with Crippen molar-refractivity contribution < 1.29 is 22.7 Å². The van der Waals surface area contributed by atoms with E-state index in [1.54, 1.807) is 19.2 Å². The first kappa shape index (κ1) is 22.3. The third-order valence-corrected chi connectivity index (χ3v) is 7.94. The molecule has 2 aromatic rings. The van der Waals surface area contributed by atoms with Gasteiger partial charge in [-0.2, -0.15) is 4.31 Å². The van der Waals surface area contributed by atoms with E-state index in [4.69, 9.17) is 4.74 Å². The molecular formula is C23H27N3O5S. The number of hydrogen-bond acceptors (Lipinski definition) is 5. The number of fused-ring (bicyclic) bond motifs is 1. The highest BCUT2D eigenvalue weighted by atomic mass is 32.2. The summed E-state index contributed by atoms with van der Waals surface area (Å²) >= 11 is 0. The number of carbonyl (C=O) groups excluding carboxylic acids is 2. The number of carbonyl (C=O) groups is 2. The molecule has 0 spiro atoms. The molecule has 170 valence electrons. The average Bonchev–Trinajstić information content (AvgIpc) is 2.79. The lowest BCUT2D eigenvalue weighted by atomic mass is 9.97. The van der Waals surface area contributed by atoms with Gasteiger partial charge in [-0.1, -0.05) is 6.07 Å². The zero-order chi connectivity index (χ0) is 22.9. The van der Waals surface area contributed by atoms with Crippen molar-refractivity contribution in [2.75, 3.05) is 30.8 Å². The Bertz CT molecular complexity index is 1150. The molecule has 9 heteroatoms. The highest BCUT2D eigenvalue weighted by Crippen LogP contribution is 2.30. The fraction of sp³-hybridized carbons (Fsp3) is 0.391. The summed E-state index contributed by atoms with van der Waals surface area (Å²) in [5, 5.41) is 5.70. The Labute approximate surface area is 188 Å². The molecule has 0 saturated carbocycles. The van der Waals surface area contributed by atoms with Gasteiger partial charge >= 0.3 is 0 Å². The number of nitrogens with zero attached hydrogens (tertiary/aromatic N) is 1. The summed E-state index contributed by atoms with van der Waals surface area (Å²) in [4.78, 5) is 24.5. The molecule has 2 aromatic carbocycles. The second-order valence-electron chi connectivity index (χ2n) is 8.24. The van der Waals surface area contributed by atoms with E-state index in [-0.39, 0.29) is 35.7 Å². The maximum absolute atomic E-state index is 13.1. The van der Waals surface area contributed by atoms with E-state index in [1.807, 2.05) is 25.1 Å². The van der Waals surface area contributed by atoms with Crippen LogP contribution < -0.4 is 15.4 Å². The Morgan fingerprint density at radius 1 is 1.12 bits per heavy atom. The lowest BCUT2D eigenvalue weighted by Crippen LogP contribution is -2.41. The summed E-state index contributed by atoms with van der Waals surface area (Å²) in [6.45, 7) is 2.49. The molecule has 0 atom stereocenters. The van der Waals surface area contributed by atoms with Gasteiger partial charge in [0.2, 0.25) is 21.8 Å². The Hall–Kier alpha value is -2.91. The predicted octanol–water partition coefficient (Wildman–Crippen LogP) is 2.93. The Kier molecular flexibility index (Phi) is 6.21. The number of aryl methyl sites for hydroxylation is 2. The van der Waals surface area contributed by atoms with Gasteiger partial charge in [0.15, 0.2) is 0 Å². The monoisotopic (exact) mass is 457 g/mol. The van der Waals surface area contributed by atoms with Crippen molar-refractivity contribution in [1.29, 1.82) is 0 Å². The van der Waals surface area contributed by atoms with Crippen LogP contribution >= 0.6 is 0 Å². The molecule has 32 heavy (non-hydrogen) atoms. The van der Waals surface area contributed by atoms with Crippen molar-refractivity contribution in [2.45, 2.75) is 37.5 Å². The average molecular weight is 458 g/mol. The summed E-state index contributed by atoms with van der Waals surface area (Å²) < 4.78 is 33.1. The van der Waals surface area contributed by atoms with Crippen molar-refractivity contribution in [2.24, 2.45) is 5.92 Å². The molecule has 2 heterocycles. The molecule has 4 rings (SSSR count). The predicted molar refractivity (Wildman–Crippen MR) is 121 cm³/mol. The first-order valence-electron chi connectivity index (χ1n) is 10.7. The Balaban J connectivity index is 1.41. The van der Waals surface area contributed by atoms with Crippen LogP contribution in [0.4, 0.5) is 11.4 Å². The third kappa shape index (κ3) is 4.49. The highest BCUT2D eigenvalue weighted by Gasteiger charge is 2.33. The highest BCUT2D eigenvalue weighted by molar-refractivity contribution is 7.89. The van der Waals surface area contributed by atoms with Gasteiger partial charge in [0.05, 0.1) is 17.7 Å². The second-order valence-corrected chi connectivity index (χ2v) is 10.2. The smallest absolute Gasteiger partial charge is 0.243 e. The number of anilines is 2. The van der Waals surface area contributed by atoms with Crippen LogP contribution in [0.5, 0.6) is 5.75 Å². The standard InChI is InChI=1S/C23H27N3O5S/c1-15-3-7-21(31-2)20(13-15)25-23(28)16-9-11-26(12-10-16)32(29,30)18-5-6-19-17(14-18)4-8-22(27)24-19/h3,5-7,13-14,16H,4,8-12H2,1-2H3,(H,24,27)(H,25,28). The molecule has 2 aliphatic rings. The molecule has 0 aromatic heterocycles. The van der Waals surface area contributed by atoms with E-state index in [0.29, 0.717) is 42.8 Å². The first-order valence-corrected chi connectivity index (χ1v) is 12.1. The lowest BCUT2D eigenvalue weighted by molar-refractivity contribution is -0.121. The molecule has 0 aliphatic carbocycles. The van der Waals surface area contributed by atoms with Crippen LogP contribution in [0.3, 0.4) is 0 Å². The fourth-order valence-corrected chi connectivity index (χ4v) is 5.70. The number of hydrogen-bond donors (Lipinski definition) is 2. The molecule has 2 amide bonds. The van der Waals surface area contributed by atoms with Crippen LogP contribution in [-0.4, -0.2) is 44.7 Å². The van der Waals surface area contributed by atoms with E-state index < -0.39 is 10.0 Å². The number of ether oxygens (including phenoxy) is 1. The second kappa shape index (κ2) is 8.91. The van der Waals surface area contributed by atoms with Gasteiger partial charge in [-0.15, -0.1) is 0 Å². The van der Waals surface area contributed by atoms with Gasteiger partial charge in [-0.3, -0.25) is 9.59 Å². The van der Waals surface area contributed by atoms with Crippen LogP contribution in [0.1, 0.15) is 30.4 Å². The first-order chi connectivity index (χ1) is 15.3. The van der Waals surface area contributed by atoms with Crippen LogP contribution in [0.25, 0.3) is 0 Å². The van der Waals surface area contributed by atoms with Crippen LogP contribution in [-0.2, 0) is 26.0 Å². The number of benzene rings is 2. The quantitative estimate of drug-likeness (QED) is 0.718. The van der Waals surface area contributed by atoms with Gasteiger partial charge in [0, 0.05) is 31.1 Å². The summed E-state index contributed by atoms with van der Waals surface area (Å²) in [5.74, 6) is 0.130. The normalized spacial score (nSPS) is 17.4. The number of piperidine rings is 1. The van der Waals surface area contributed by atoms with Crippen molar-refractivity contribution in [1.82, 2.24) is 4.31 Å². The minimum Gasteiger partial charge on any atom is -0.495 e. The van der Waals surface area contributed by atoms with E-state index in [1.165, 1.54) is 10.4 Å². The van der Waals surface area contributed by atoms with E-state index in [9.17, 15) is 18.0 Å². The summed E-state index contributed by atoms with van der Waals surface area (Å²) in [7, 11) is -2.11. The molecule has 1 fully saturated rings. The molecule has 2 N–H and O–H groups in total. The number of sulfonamides is 1. The minimum atomic E-state index is -3.66. The van der Waals surface area contributed by atoms with Gasteiger partial charge < -0.3 is 15.4 Å². The molecule has 1 saturated heterocycles. The van der Waals surface area contributed by atoms with Crippen LogP contribution in [0, 0.1) is 12.8 Å².